The van der Waals surface area contributed by atoms with Crippen molar-refractivity contribution in [3.05, 3.63) is 124 Å². The average molecular weight is 1030 g/mol. The lowest BCUT2D eigenvalue weighted by Crippen LogP contribution is -2.57. The maximum atomic E-state index is 14.3. The van der Waals surface area contributed by atoms with Crippen molar-refractivity contribution in [3.8, 4) is 28.0 Å². The predicted octanol–water partition coefficient (Wildman–Crippen LogP) is 7.82. The van der Waals surface area contributed by atoms with E-state index < -0.39 is 70.1 Å². The molecule has 0 spiro atoms. The Morgan fingerprint density at radius 3 is 2.26 bits per heavy atom. The molecule has 2 fully saturated rings. The van der Waals surface area contributed by atoms with E-state index in [-0.39, 0.29) is 68.1 Å². The first-order chi connectivity index (χ1) is 34.1. The largest absolute Gasteiger partial charge is 0.491 e. The van der Waals surface area contributed by atoms with Crippen molar-refractivity contribution in [2.75, 3.05) is 42.8 Å². The Morgan fingerprint density at radius 2 is 1.62 bits per heavy atom. The van der Waals surface area contributed by atoms with E-state index in [4.69, 9.17) is 26.4 Å². The Kier molecular flexibility index (Phi) is 16.0. The summed E-state index contributed by atoms with van der Waals surface area (Å²) in [6.07, 6.45) is -5.70. The van der Waals surface area contributed by atoms with Gasteiger partial charge in [-0.3, -0.25) is 24.1 Å². The van der Waals surface area contributed by atoms with E-state index in [1.54, 1.807) is 105 Å². The summed E-state index contributed by atoms with van der Waals surface area (Å²) in [6.45, 7) is 11.3. The molecule has 1 aromatic heterocycles. The van der Waals surface area contributed by atoms with Gasteiger partial charge in [-0.25, -0.2) is 4.98 Å². The molecule has 15 nitrogen and oxygen atoms in total. The molecule has 20 heteroatoms. The predicted molar refractivity (Wildman–Crippen MR) is 268 cm³/mol. The number of halogens is 3. The van der Waals surface area contributed by atoms with Crippen LogP contribution in [0.2, 0.25) is 0 Å². The molecule has 5 aromatic rings. The zero-order valence-corrected chi connectivity index (χ0v) is 42.0. The van der Waals surface area contributed by atoms with Crippen LogP contribution in [0.5, 0.6) is 11.5 Å². The number of likely N-dealkylation sites (tertiary alicyclic amines) is 1. The third-order valence-electron chi connectivity index (χ3n) is 12.2. The number of aliphatic hydroxyl groups is 1. The third-order valence-corrected chi connectivity index (χ3v) is 13.6. The van der Waals surface area contributed by atoms with Gasteiger partial charge in [0.05, 0.1) is 63.8 Å². The number of rotatable bonds is 17. The third kappa shape index (κ3) is 11.7. The number of amides is 4. The van der Waals surface area contributed by atoms with Crippen molar-refractivity contribution < 1.29 is 51.7 Å². The number of nitriles is 1. The molecule has 2 aliphatic heterocycles. The van der Waals surface area contributed by atoms with Crippen molar-refractivity contribution >= 4 is 63.7 Å². The molecule has 0 unspecified atom stereocenters. The number of nitrogens with one attached hydrogen (secondary N) is 2. The monoisotopic (exact) mass is 1030 g/mol. The first kappa shape index (κ1) is 52.9. The molecule has 4 amide bonds. The first-order valence-corrected chi connectivity index (χ1v) is 24.3. The molecule has 2 saturated heterocycles. The highest BCUT2D eigenvalue weighted by Gasteiger charge is 2.51. The van der Waals surface area contributed by atoms with Gasteiger partial charge < -0.3 is 39.8 Å². The lowest BCUT2D eigenvalue weighted by atomic mass is 9.85. The summed E-state index contributed by atoms with van der Waals surface area (Å²) in [6, 6.07) is 23.6. The zero-order valence-electron chi connectivity index (χ0n) is 40.4. The number of carbonyl (C=O) groups excluding carboxylic acids is 4. The Hall–Kier alpha value is -6.92. The normalized spacial score (nSPS) is 17.2. The molecule has 4 aromatic carbocycles. The minimum atomic E-state index is -4.82. The highest BCUT2D eigenvalue weighted by Crippen LogP contribution is 2.40. The van der Waals surface area contributed by atoms with Crippen LogP contribution in [0, 0.1) is 23.7 Å². The zero-order chi connectivity index (χ0) is 52.1. The second kappa shape index (κ2) is 21.8. The molecule has 0 saturated carbocycles. The number of hydrogen-bond acceptors (Lipinski definition) is 12. The molecule has 0 aliphatic carbocycles. The van der Waals surface area contributed by atoms with Crippen molar-refractivity contribution in [1.82, 2.24) is 20.5 Å². The van der Waals surface area contributed by atoms with Crippen LogP contribution >= 0.6 is 23.6 Å². The lowest BCUT2D eigenvalue weighted by molar-refractivity contribution is -0.142. The van der Waals surface area contributed by atoms with Gasteiger partial charge in [0.15, 0.2) is 5.11 Å². The summed E-state index contributed by atoms with van der Waals surface area (Å²) in [4.78, 5) is 64.6. The minimum Gasteiger partial charge on any atom is -0.491 e. The van der Waals surface area contributed by atoms with E-state index in [2.05, 4.69) is 15.6 Å². The van der Waals surface area contributed by atoms with Crippen LogP contribution in [0.4, 0.5) is 24.5 Å². The summed E-state index contributed by atoms with van der Waals surface area (Å²) in [7, 11) is 0. The topological polar surface area (TPSA) is 187 Å². The highest BCUT2D eigenvalue weighted by molar-refractivity contribution is 7.81. The Bertz CT molecular complexity index is 2860. The summed E-state index contributed by atoms with van der Waals surface area (Å²) in [5.74, 6) is -1.30. The molecule has 0 radical (unpaired) electrons. The van der Waals surface area contributed by atoms with Gasteiger partial charge in [0.25, 0.3) is 11.8 Å². The van der Waals surface area contributed by atoms with Crippen LogP contribution in [0.25, 0.3) is 10.4 Å². The van der Waals surface area contributed by atoms with E-state index in [9.17, 15) is 42.7 Å². The molecular formula is C52H54F3N7O8S2. The maximum absolute atomic E-state index is 14.3. The number of aliphatic hydroxyl groups excluding tert-OH is 1. The van der Waals surface area contributed by atoms with Gasteiger partial charge >= 0.3 is 6.18 Å². The van der Waals surface area contributed by atoms with Crippen molar-refractivity contribution in [2.24, 2.45) is 5.41 Å². The smallest absolute Gasteiger partial charge is 0.417 e. The van der Waals surface area contributed by atoms with Crippen LogP contribution in [-0.2, 0) is 31.8 Å². The van der Waals surface area contributed by atoms with Crippen LogP contribution in [0.15, 0.2) is 96.5 Å². The Labute approximate surface area is 424 Å². The number of carbonyl (C=O) groups is 4. The number of anilines is 2. The number of β-amino-alcohol motifs (C(OH)–C–C–N with tert-alkyl or cyclic N) is 1. The lowest BCUT2D eigenvalue weighted by Gasteiger charge is -2.35. The van der Waals surface area contributed by atoms with E-state index >= 15 is 0 Å². The second-order valence-corrected chi connectivity index (χ2v) is 20.0. The molecule has 3 atom stereocenters. The summed E-state index contributed by atoms with van der Waals surface area (Å²) < 4.78 is 58.8. The Balaban J connectivity index is 0.885. The molecular weight excluding hydrogens is 972 g/mol. The van der Waals surface area contributed by atoms with Crippen molar-refractivity contribution in [1.29, 1.82) is 5.26 Å². The summed E-state index contributed by atoms with van der Waals surface area (Å²) in [5.41, 5.74) is 1.39. The highest BCUT2D eigenvalue weighted by atomic mass is 32.1. The van der Waals surface area contributed by atoms with Gasteiger partial charge in [0, 0.05) is 25.2 Å². The van der Waals surface area contributed by atoms with Gasteiger partial charge in [-0.2, -0.15) is 18.4 Å². The molecule has 0 bridgehead atoms. The van der Waals surface area contributed by atoms with Gasteiger partial charge in [0.1, 0.15) is 42.3 Å². The fourth-order valence-corrected chi connectivity index (χ4v) is 9.78. The van der Waals surface area contributed by atoms with Gasteiger partial charge in [0.2, 0.25) is 11.8 Å². The number of aromatic nitrogens is 1. The SMILES string of the molecule is Cc1ncsc1-c1ccc(CNC(=O)[C@@H]2C[C@@H](O)CN2C(=O)[C@@H](NC(=O)c2ccccc2OCCOCCOc2ccc(N3C(=S)N(c4ccc(C#N)c(C(F)(F)F)c4)C(=O)C3(C)C)cc2)C(C)(C)C)cc1. The molecule has 72 heavy (non-hydrogen) atoms. The van der Waals surface area contributed by atoms with Crippen LogP contribution in [0.1, 0.15) is 73.8 Å². The fourth-order valence-electron chi connectivity index (χ4n) is 8.45. The Morgan fingerprint density at radius 1 is 0.958 bits per heavy atom. The number of thiazole rings is 1. The molecule has 2 aliphatic rings. The number of alkyl halides is 3. The number of hydrogen-bond donors (Lipinski definition) is 3. The van der Waals surface area contributed by atoms with Gasteiger partial charge in [-0.1, -0.05) is 57.2 Å². The number of thiocarbonyl (C=S) groups is 1. The van der Waals surface area contributed by atoms with E-state index in [0.717, 1.165) is 38.7 Å². The average Bonchev–Trinajstić information content (AvgIpc) is 4.01. The van der Waals surface area contributed by atoms with E-state index in [1.165, 1.54) is 17.0 Å². The summed E-state index contributed by atoms with van der Waals surface area (Å²) >= 11 is 7.18. The molecule has 3 heterocycles. The number of nitrogens with zero attached hydrogens (tertiary/aromatic N) is 5. The summed E-state index contributed by atoms with van der Waals surface area (Å²) in [5, 5.41) is 25.7. The molecule has 3 N–H and O–H groups in total. The fraction of sp³-hybridized carbons (Fsp3) is 0.365. The quantitative estimate of drug-likeness (QED) is 0.0607. The molecule has 378 valence electrons. The number of ether oxygens (including phenoxy) is 3. The van der Waals surface area contributed by atoms with E-state index in [1.807, 2.05) is 31.2 Å². The number of aryl methyl sites for hydroxylation is 1. The van der Waals surface area contributed by atoms with Crippen LogP contribution in [0.3, 0.4) is 0 Å². The molecule has 7 rings (SSSR count). The van der Waals surface area contributed by atoms with Crippen molar-refractivity contribution in [2.45, 2.75) is 84.4 Å². The second-order valence-electron chi connectivity index (χ2n) is 18.8. The van der Waals surface area contributed by atoms with Crippen LogP contribution < -0.4 is 29.9 Å². The standard InChI is InChI=1S/C52H54F3N7O8S2/c1-31-43(72-30-58-31)33-13-11-32(12-14-33)28-57-46(65)41-26-37(63)29-60(41)47(66)44(50(2,3)4)59-45(64)39-9-7-8-10-42(39)70-24-22-68-21-23-69-38-19-17-35(18-20-38)62-49(71)61(48(67)51(62,5)6)36-16-15-34(27-56)40(25-36)52(53,54)55/h7-20,25,30,37,41,44,63H,21-24,26,28-29H2,1-6H3,(H,57,65)(H,59,64)/t37-,41+,44-/m1/s1. The van der Waals surface area contributed by atoms with Gasteiger partial charge in [-0.15, -0.1) is 11.3 Å². The maximum Gasteiger partial charge on any atom is 0.417 e. The number of para-hydroxylation sites is 1. The van der Waals surface area contributed by atoms with E-state index in [0.29, 0.717) is 11.4 Å². The number of benzene rings is 4. The van der Waals surface area contributed by atoms with Crippen molar-refractivity contribution in [3.63, 3.8) is 0 Å². The van der Waals surface area contributed by atoms with Gasteiger partial charge in [-0.05, 0) is 104 Å². The van der Waals surface area contributed by atoms with Crippen LogP contribution in [-0.4, -0.2) is 100 Å². The first-order valence-electron chi connectivity index (χ1n) is 23.0. The minimum absolute atomic E-state index is 0.0350.